The predicted octanol–water partition coefficient (Wildman–Crippen LogP) is 2.28. The lowest BCUT2D eigenvalue weighted by molar-refractivity contribution is 0.576. The lowest BCUT2D eigenvalue weighted by Gasteiger charge is -2.10. The first-order valence-corrected chi connectivity index (χ1v) is 9.51. The molecule has 5 nitrogen and oxygen atoms in total. The summed E-state index contributed by atoms with van der Waals surface area (Å²) in [6, 6.07) is 10.7. The Morgan fingerprint density at radius 3 is 1.82 bits per heavy atom. The normalized spacial score (nSPS) is 12.3. The van der Waals surface area contributed by atoms with E-state index in [4.69, 9.17) is 0 Å². The number of nitrogens with one attached hydrogen (secondary N) is 1. The van der Waals surface area contributed by atoms with Gasteiger partial charge >= 0.3 is 0 Å². The quantitative estimate of drug-likeness (QED) is 0.927. The van der Waals surface area contributed by atoms with Gasteiger partial charge in [-0.15, -0.1) is 4.13 Å². The summed E-state index contributed by atoms with van der Waals surface area (Å²) in [4.78, 5) is -0.139. The van der Waals surface area contributed by atoms with E-state index in [-0.39, 0.29) is 9.79 Å². The highest BCUT2D eigenvalue weighted by Crippen LogP contribution is 2.19. The summed E-state index contributed by atoms with van der Waals surface area (Å²) < 4.78 is 50.9. The van der Waals surface area contributed by atoms with Crippen LogP contribution in [-0.2, 0) is 20.0 Å². The predicted molar refractivity (Wildman–Crippen MR) is 84.6 cm³/mol. The number of hydrogen-bond donors (Lipinski definition) is 1. The Bertz CT molecular complexity index is 899. The van der Waals surface area contributed by atoms with Crippen LogP contribution in [0.15, 0.2) is 52.3 Å². The maximum absolute atomic E-state index is 12.3. The van der Waals surface area contributed by atoms with Gasteiger partial charge in [-0.25, -0.2) is 16.8 Å². The highest BCUT2D eigenvalue weighted by Gasteiger charge is 2.25. The first kappa shape index (κ1) is 16.7. The topological polar surface area (TPSA) is 80.3 Å². The molecule has 0 unspecified atom stereocenters. The molecular weight excluding hydrogens is 322 g/mol. The molecule has 0 aliphatic rings. The van der Waals surface area contributed by atoms with E-state index in [0.29, 0.717) is 5.56 Å². The molecule has 0 aliphatic heterocycles. The average molecular weight is 339 g/mol. The third-order valence-corrected chi connectivity index (χ3v) is 6.86. The summed E-state index contributed by atoms with van der Waals surface area (Å²) >= 11 is 0. The Kier molecular flexibility index (Phi) is 4.42. The molecule has 118 valence electrons. The molecule has 0 aliphatic carbocycles. The highest BCUT2D eigenvalue weighted by atomic mass is 32.3. The van der Waals surface area contributed by atoms with Crippen molar-refractivity contribution in [2.75, 3.05) is 0 Å². The van der Waals surface area contributed by atoms with Crippen molar-refractivity contribution in [3.05, 3.63) is 59.2 Å². The third-order valence-electron chi connectivity index (χ3n) is 3.17. The van der Waals surface area contributed by atoms with E-state index < -0.39 is 20.0 Å². The largest absolute Gasteiger partial charge is 0.254 e. The SMILES string of the molecule is Cc1ccc(S(=O)(=O)NS(=O)(=O)c2ccc(C)cc2C)cc1. The molecule has 0 radical (unpaired) electrons. The van der Waals surface area contributed by atoms with Gasteiger partial charge in [0.15, 0.2) is 0 Å². The van der Waals surface area contributed by atoms with Crippen LogP contribution in [0, 0.1) is 20.8 Å². The van der Waals surface area contributed by atoms with Crippen LogP contribution in [0.3, 0.4) is 0 Å². The van der Waals surface area contributed by atoms with Crippen molar-refractivity contribution < 1.29 is 16.8 Å². The number of aryl methyl sites for hydroxylation is 3. The number of hydrogen-bond acceptors (Lipinski definition) is 4. The van der Waals surface area contributed by atoms with E-state index in [2.05, 4.69) is 0 Å². The second-order valence-electron chi connectivity index (χ2n) is 5.17. The van der Waals surface area contributed by atoms with Crippen LogP contribution in [0.5, 0.6) is 0 Å². The minimum atomic E-state index is -4.16. The van der Waals surface area contributed by atoms with Crippen molar-refractivity contribution in [2.45, 2.75) is 30.6 Å². The molecule has 0 aromatic heterocycles. The van der Waals surface area contributed by atoms with E-state index in [9.17, 15) is 16.8 Å². The number of benzene rings is 2. The van der Waals surface area contributed by atoms with Gasteiger partial charge < -0.3 is 0 Å². The molecular formula is C15H17NO4S2. The molecule has 0 heterocycles. The van der Waals surface area contributed by atoms with Crippen molar-refractivity contribution in [1.82, 2.24) is 4.13 Å². The van der Waals surface area contributed by atoms with Crippen LogP contribution in [0.1, 0.15) is 16.7 Å². The van der Waals surface area contributed by atoms with Gasteiger partial charge in [-0.2, -0.15) is 0 Å². The number of sulfonamides is 2. The molecule has 2 aromatic rings. The van der Waals surface area contributed by atoms with Crippen LogP contribution in [-0.4, -0.2) is 16.8 Å². The van der Waals surface area contributed by atoms with Crippen molar-refractivity contribution >= 4 is 20.0 Å². The Balaban J connectivity index is 2.41. The van der Waals surface area contributed by atoms with Gasteiger partial charge in [0.1, 0.15) is 0 Å². The summed E-state index contributed by atoms with van der Waals surface area (Å²) in [6.07, 6.45) is 0. The smallest absolute Gasteiger partial charge is 0.206 e. The fourth-order valence-electron chi connectivity index (χ4n) is 2.06. The first-order chi connectivity index (χ1) is 10.1. The second-order valence-corrected chi connectivity index (χ2v) is 8.76. The highest BCUT2D eigenvalue weighted by molar-refractivity contribution is 8.04. The van der Waals surface area contributed by atoms with E-state index in [1.165, 1.54) is 18.2 Å². The summed E-state index contributed by atoms with van der Waals surface area (Å²) in [5, 5.41) is 0. The standard InChI is InChI=1S/C15H17NO4S2/c1-11-4-7-14(8-5-11)21(17,18)16-22(19,20)15-9-6-12(2)10-13(15)3/h4-10,16H,1-3H3. The molecule has 0 saturated heterocycles. The van der Waals surface area contributed by atoms with Crippen LogP contribution in [0.4, 0.5) is 0 Å². The molecule has 0 fully saturated rings. The van der Waals surface area contributed by atoms with Gasteiger partial charge in [0.2, 0.25) is 0 Å². The lowest BCUT2D eigenvalue weighted by Crippen LogP contribution is -2.31. The van der Waals surface area contributed by atoms with Gasteiger partial charge in [-0.3, -0.25) is 0 Å². The molecule has 0 spiro atoms. The van der Waals surface area contributed by atoms with Crippen molar-refractivity contribution in [3.8, 4) is 0 Å². The molecule has 2 rings (SSSR count). The molecule has 2 aromatic carbocycles. The zero-order valence-electron chi connectivity index (χ0n) is 12.5. The zero-order chi connectivity index (χ0) is 16.5. The van der Waals surface area contributed by atoms with Crippen LogP contribution >= 0.6 is 0 Å². The van der Waals surface area contributed by atoms with E-state index >= 15 is 0 Å². The van der Waals surface area contributed by atoms with Crippen LogP contribution in [0.25, 0.3) is 0 Å². The van der Waals surface area contributed by atoms with E-state index in [1.807, 2.05) is 13.8 Å². The average Bonchev–Trinajstić information content (AvgIpc) is 2.37. The molecule has 0 bridgehead atoms. The minimum Gasteiger partial charge on any atom is -0.206 e. The van der Waals surface area contributed by atoms with Gasteiger partial charge in [-0.05, 0) is 44.5 Å². The van der Waals surface area contributed by atoms with E-state index in [0.717, 1.165) is 11.1 Å². The van der Waals surface area contributed by atoms with Gasteiger partial charge in [0, 0.05) is 0 Å². The number of rotatable bonds is 4. The Hall–Kier alpha value is -1.70. The van der Waals surface area contributed by atoms with Crippen molar-refractivity contribution in [1.29, 1.82) is 0 Å². The Morgan fingerprint density at radius 1 is 0.727 bits per heavy atom. The van der Waals surface area contributed by atoms with Crippen molar-refractivity contribution in [2.24, 2.45) is 0 Å². The maximum Gasteiger partial charge on any atom is 0.254 e. The summed E-state index contributed by atoms with van der Waals surface area (Å²) in [6.45, 7) is 5.27. The van der Waals surface area contributed by atoms with Crippen LogP contribution < -0.4 is 4.13 Å². The fraction of sp³-hybridized carbons (Fsp3) is 0.200. The van der Waals surface area contributed by atoms with Gasteiger partial charge in [0.25, 0.3) is 20.0 Å². The maximum atomic E-state index is 12.3. The molecule has 0 atom stereocenters. The third kappa shape index (κ3) is 3.55. The molecule has 0 amide bonds. The fourth-order valence-corrected chi connectivity index (χ4v) is 5.18. The molecule has 0 saturated carbocycles. The first-order valence-electron chi connectivity index (χ1n) is 6.54. The molecule has 22 heavy (non-hydrogen) atoms. The second kappa shape index (κ2) is 5.83. The molecule has 1 N–H and O–H groups in total. The van der Waals surface area contributed by atoms with Crippen LogP contribution in [0.2, 0.25) is 0 Å². The minimum absolute atomic E-state index is 0.0474. The van der Waals surface area contributed by atoms with E-state index in [1.54, 1.807) is 35.3 Å². The monoisotopic (exact) mass is 339 g/mol. The summed E-state index contributed by atoms with van der Waals surface area (Å²) in [7, 11) is -8.31. The molecule has 7 heteroatoms. The zero-order valence-corrected chi connectivity index (χ0v) is 14.1. The lowest BCUT2D eigenvalue weighted by atomic mass is 10.2. The summed E-state index contributed by atoms with van der Waals surface area (Å²) in [5.74, 6) is 0. The van der Waals surface area contributed by atoms with Crippen molar-refractivity contribution in [3.63, 3.8) is 0 Å². The van der Waals surface area contributed by atoms with Gasteiger partial charge in [0.05, 0.1) is 9.79 Å². The summed E-state index contributed by atoms with van der Waals surface area (Å²) in [5.41, 5.74) is 2.28. The van der Waals surface area contributed by atoms with Gasteiger partial charge in [-0.1, -0.05) is 35.4 Å². The Morgan fingerprint density at radius 2 is 1.27 bits per heavy atom. The Labute approximate surface area is 131 Å².